The molecule has 12 heavy (non-hydrogen) atoms. The van der Waals surface area contributed by atoms with Crippen LogP contribution in [0.5, 0.6) is 0 Å². The van der Waals surface area contributed by atoms with Gasteiger partial charge in [-0.05, 0) is 0 Å². The molecule has 0 aliphatic carbocycles. The van der Waals surface area contributed by atoms with Gasteiger partial charge in [-0.3, -0.25) is 0 Å². The Morgan fingerprint density at radius 3 is 2.17 bits per heavy atom. The summed E-state index contributed by atoms with van der Waals surface area (Å²) in [6.07, 6.45) is 4.54. The molecule has 1 saturated heterocycles. The Kier molecular flexibility index (Phi) is 3.17. The second-order valence-corrected chi connectivity index (χ2v) is 13.1. The second-order valence-electron chi connectivity index (χ2n) is 3.38. The van der Waals surface area contributed by atoms with Gasteiger partial charge in [0.1, 0.15) is 0 Å². The van der Waals surface area contributed by atoms with Crippen molar-refractivity contribution in [3.8, 4) is 0 Å². The molecule has 1 aliphatic rings. The van der Waals surface area contributed by atoms with Gasteiger partial charge < -0.3 is 0 Å². The summed E-state index contributed by atoms with van der Waals surface area (Å²) < 4.78 is 4.98. The number of hydrogen-bond acceptors (Lipinski definition) is 0. The minimum atomic E-state index is -1.11. The molecule has 1 heteroatoms. The Labute approximate surface area is 82.7 Å². The Morgan fingerprint density at radius 2 is 1.50 bits per heavy atom. The van der Waals surface area contributed by atoms with Gasteiger partial charge in [0.05, 0.1) is 0 Å². The van der Waals surface area contributed by atoms with Crippen molar-refractivity contribution < 1.29 is 0 Å². The molecule has 0 bridgehead atoms. The molecule has 0 saturated carbocycles. The van der Waals surface area contributed by atoms with Crippen LogP contribution in [0.3, 0.4) is 0 Å². The van der Waals surface area contributed by atoms with Crippen LogP contribution in [-0.2, 0) is 0 Å². The van der Waals surface area contributed by atoms with Crippen LogP contribution in [0.15, 0.2) is 30.3 Å². The summed E-state index contributed by atoms with van der Waals surface area (Å²) >= 11 is -1.11. The molecule has 2 rings (SSSR count). The molecule has 1 aromatic carbocycles. The molecule has 1 aromatic rings. The van der Waals surface area contributed by atoms with E-state index in [-0.39, 0.29) is 0 Å². The maximum absolute atomic E-state index is 2.36. The van der Waals surface area contributed by atoms with Gasteiger partial charge in [0, 0.05) is 0 Å². The number of rotatable bonds is 1. The Balaban J connectivity index is 2.08. The van der Waals surface area contributed by atoms with Crippen molar-refractivity contribution in [3.63, 3.8) is 0 Å². The van der Waals surface area contributed by atoms with E-state index >= 15 is 0 Å². The monoisotopic (exact) mass is 356 g/mol. The van der Waals surface area contributed by atoms with E-state index in [1.165, 1.54) is 19.3 Å². The number of hydrogen-bond donors (Lipinski definition) is 0. The molecular weight excluding hydrogens is 341 g/mol. The first kappa shape index (κ1) is 8.69. The summed E-state index contributed by atoms with van der Waals surface area (Å²) in [6.45, 7) is 0. The predicted molar refractivity (Wildman–Crippen MR) is 55.3 cm³/mol. The van der Waals surface area contributed by atoms with E-state index in [0.29, 0.717) is 0 Å². The third-order valence-corrected chi connectivity index (χ3v) is 13.1. The molecule has 1 fully saturated rings. The van der Waals surface area contributed by atoms with Crippen molar-refractivity contribution in [2.24, 2.45) is 0 Å². The zero-order valence-electron chi connectivity index (χ0n) is 7.37. The molecule has 0 aromatic heterocycles. The van der Waals surface area contributed by atoms with Gasteiger partial charge in [0.2, 0.25) is 0 Å². The summed E-state index contributed by atoms with van der Waals surface area (Å²) in [6, 6.07) is 11.3. The van der Waals surface area contributed by atoms with Crippen LogP contribution in [-0.4, -0.2) is 21.8 Å². The van der Waals surface area contributed by atoms with Crippen LogP contribution < -0.4 is 3.27 Å². The Hall–Kier alpha value is 0.103. The zero-order chi connectivity index (χ0) is 8.23. The Morgan fingerprint density at radius 1 is 0.833 bits per heavy atom. The molecule has 1 heterocycles. The fourth-order valence-corrected chi connectivity index (χ4v) is 11.7. The zero-order valence-corrected chi connectivity index (χ0v) is 10.8. The summed E-state index contributed by atoms with van der Waals surface area (Å²) in [7, 11) is 0. The SMILES string of the molecule is c1cc[c]([Bi]2[CH2]CCC[CH2]2)cc1. The van der Waals surface area contributed by atoms with Gasteiger partial charge in [-0.1, -0.05) is 0 Å². The fraction of sp³-hybridized carbons (Fsp3) is 0.455. The van der Waals surface area contributed by atoms with Crippen LogP contribution in [0.2, 0.25) is 8.26 Å². The van der Waals surface area contributed by atoms with Crippen LogP contribution >= 0.6 is 0 Å². The van der Waals surface area contributed by atoms with Gasteiger partial charge >= 0.3 is 82.9 Å². The average molecular weight is 356 g/mol. The van der Waals surface area contributed by atoms with Gasteiger partial charge in [0.15, 0.2) is 0 Å². The minimum absolute atomic E-state index is 1.11. The fourth-order valence-electron chi connectivity index (χ4n) is 1.79. The van der Waals surface area contributed by atoms with Gasteiger partial charge in [-0.15, -0.1) is 0 Å². The number of benzene rings is 1. The maximum atomic E-state index is 2.36. The molecule has 0 unspecified atom stereocenters. The molecule has 0 atom stereocenters. The normalized spacial score (nSPS) is 19.3. The molecule has 1 aliphatic heterocycles. The van der Waals surface area contributed by atoms with Crippen molar-refractivity contribution in [2.45, 2.75) is 27.5 Å². The van der Waals surface area contributed by atoms with E-state index in [1.807, 2.05) is 0 Å². The van der Waals surface area contributed by atoms with Crippen molar-refractivity contribution in [1.29, 1.82) is 0 Å². The molecule has 0 N–H and O–H groups in total. The van der Waals surface area contributed by atoms with Crippen LogP contribution in [0, 0.1) is 0 Å². The summed E-state index contributed by atoms with van der Waals surface area (Å²) in [5.41, 5.74) is 0. The first-order chi connectivity index (χ1) is 5.97. The summed E-state index contributed by atoms with van der Waals surface area (Å²) in [5, 5.41) is 0. The van der Waals surface area contributed by atoms with Gasteiger partial charge in [-0.25, -0.2) is 0 Å². The quantitative estimate of drug-likeness (QED) is 0.679. The summed E-state index contributed by atoms with van der Waals surface area (Å²) in [4.78, 5) is 0. The molecule has 64 valence electrons. The van der Waals surface area contributed by atoms with E-state index in [4.69, 9.17) is 0 Å². The summed E-state index contributed by atoms with van der Waals surface area (Å²) in [5.74, 6) is 0. The van der Waals surface area contributed by atoms with Gasteiger partial charge in [0.25, 0.3) is 0 Å². The molecule has 0 amide bonds. The van der Waals surface area contributed by atoms with Crippen molar-refractivity contribution in [2.75, 3.05) is 0 Å². The Bertz CT molecular complexity index is 224. The average Bonchev–Trinajstić information content (AvgIpc) is 2.21. The standard InChI is InChI=1S/C6H5.C5H10.Bi/c1-2-4-6-5-3-1;1-3-5-4-2;/h1-5H;1-5H2;. The third kappa shape index (κ3) is 2.07. The first-order valence-electron chi connectivity index (χ1n) is 4.77. The van der Waals surface area contributed by atoms with E-state index < -0.39 is 21.8 Å². The first-order valence-corrected chi connectivity index (χ1v) is 11.4. The van der Waals surface area contributed by atoms with Gasteiger partial charge in [-0.2, -0.15) is 0 Å². The van der Waals surface area contributed by atoms with Crippen LogP contribution in [0.25, 0.3) is 0 Å². The second kappa shape index (κ2) is 4.37. The van der Waals surface area contributed by atoms with E-state index in [1.54, 1.807) is 11.5 Å². The molecular formula is C11H15Bi. The van der Waals surface area contributed by atoms with E-state index in [9.17, 15) is 0 Å². The van der Waals surface area contributed by atoms with Crippen molar-refractivity contribution in [1.82, 2.24) is 0 Å². The predicted octanol–water partition coefficient (Wildman–Crippen LogP) is 2.57. The molecule has 0 nitrogen and oxygen atoms in total. The third-order valence-electron chi connectivity index (χ3n) is 2.48. The van der Waals surface area contributed by atoms with Crippen molar-refractivity contribution >= 4 is 25.0 Å². The van der Waals surface area contributed by atoms with Crippen LogP contribution in [0.4, 0.5) is 0 Å². The topological polar surface area (TPSA) is 0 Å². The molecule has 0 spiro atoms. The van der Waals surface area contributed by atoms with Crippen LogP contribution in [0.1, 0.15) is 19.3 Å². The van der Waals surface area contributed by atoms with Crippen molar-refractivity contribution in [3.05, 3.63) is 30.3 Å². The molecule has 0 radical (unpaired) electrons. The van der Waals surface area contributed by atoms with E-state index in [2.05, 4.69) is 30.3 Å². The van der Waals surface area contributed by atoms with E-state index in [0.717, 1.165) is 0 Å².